The summed E-state index contributed by atoms with van der Waals surface area (Å²) in [6, 6.07) is 29.2. The van der Waals surface area contributed by atoms with Crippen LogP contribution in [0.5, 0.6) is 0 Å². The minimum atomic E-state index is -0.623. The van der Waals surface area contributed by atoms with E-state index >= 15 is 0 Å². The van der Waals surface area contributed by atoms with Crippen molar-refractivity contribution in [2.24, 2.45) is 0 Å². The molecule has 1 atom stereocenters. The van der Waals surface area contributed by atoms with Gasteiger partial charge in [-0.1, -0.05) is 91.0 Å². The zero-order chi connectivity index (χ0) is 23.0. The summed E-state index contributed by atoms with van der Waals surface area (Å²) < 4.78 is 5.11. The fourth-order valence-electron chi connectivity index (χ4n) is 4.51. The van der Waals surface area contributed by atoms with E-state index in [4.69, 9.17) is 4.74 Å². The Morgan fingerprint density at radius 2 is 1.39 bits per heavy atom. The van der Waals surface area contributed by atoms with Crippen LogP contribution in [-0.2, 0) is 20.7 Å². The maximum absolute atomic E-state index is 13.9. The van der Waals surface area contributed by atoms with Crippen molar-refractivity contribution in [3.05, 3.63) is 108 Å². The number of carbonyl (C=O) groups excluding carboxylic acids is 2. The molecule has 5 heteroatoms. The molecule has 170 valence electrons. The predicted octanol–water partition coefficient (Wildman–Crippen LogP) is 3.75. The maximum atomic E-state index is 13.9. The van der Waals surface area contributed by atoms with Crippen molar-refractivity contribution < 1.29 is 14.3 Å². The first-order chi connectivity index (χ1) is 16.2. The largest absolute Gasteiger partial charge is 0.467 e. The average molecular weight is 443 g/mol. The van der Waals surface area contributed by atoms with Crippen LogP contribution in [0.1, 0.15) is 22.6 Å². The molecular weight excluding hydrogens is 412 g/mol. The summed E-state index contributed by atoms with van der Waals surface area (Å²) in [5, 5.41) is 0. The third kappa shape index (κ3) is 5.49. The summed E-state index contributed by atoms with van der Waals surface area (Å²) in [4.78, 5) is 30.6. The SMILES string of the molecule is COC(=O)[C@@H]1CN(CCc2ccccc2)CCN1C(=O)C(c1ccccc1)c1ccccc1. The zero-order valence-electron chi connectivity index (χ0n) is 19.0. The van der Waals surface area contributed by atoms with Crippen LogP contribution in [0, 0.1) is 0 Å². The van der Waals surface area contributed by atoms with Gasteiger partial charge in [-0.2, -0.15) is 0 Å². The van der Waals surface area contributed by atoms with E-state index < -0.39 is 12.0 Å². The van der Waals surface area contributed by atoms with Crippen molar-refractivity contribution >= 4 is 11.9 Å². The number of ether oxygens (including phenoxy) is 1. The fraction of sp³-hybridized carbons (Fsp3) is 0.286. The monoisotopic (exact) mass is 442 g/mol. The third-order valence-electron chi connectivity index (χ3n) is 6.29. The van der Waals surface area contributed by atoms with Gasteiger partial charge in [-0.05, 0) is 23.1 Å². The molecule has 3 aromatic carbocycles. The second-order valence-electron chi connectivity index (χ2n) is 8.36. The lowest BCUT2D eigenvalue weighted by molar-refractivity contribution is -0.156. The molecule has 3 aromatic rings. The Morgan fingerprint density at radius 3 is 1.94 bits per heavy atom. The molecule has 0 aliphatic carbocycles. The van der Waals surface area contributed by atoms with Gasteiger partial charge in [-0.3, -0.25) is 9.69 Å². The smallest absolute Gasteiger partial charge is 0.329 e. The molecule has 1 aliphatic heterocycles. The lowest BCUT2D eigenvalue weighted by Crippen LogP contribution is -2.59. The van der Waals surface area contributed by atoms with Crippen LogP contribution in [-0.4, -0.2) is 61.0 Å². The molecule has 5 nitrogen and oxygen atoms in total. The van der Waals surface area contributed by atoms with Gasteiger partial charge in [0.2, 0.25) is 5.91 Å². The van der Waals surface area contributed by atoms with Crippen LogP contribution < -0.4 is 0 Å². The van der Waals surface area contributed by atoms with E-state index in [1.807, 2.05) is 78.9 Å². The number of hydrogen-bond donors (Lipinski definition) is 0. The van der Waals surface area contributed by atoms with Gasteiger partial charge in [0.1, 0.15) is 6.04 Å². The van der Waals surface area contributed by atoms with Crippen molar-refractivity contribution in [2.45, 2.75) is 18.4 Å². The van der Waals surface area contributed by atoms with Crippen LogP contribution in [0.3, 0.4) is 0 Å². The highest BCUT2D eigenvalue weighted by Gasteiger charge is 2.39. The van der Waals surface area contributed by atoms with E-state index in [9.17, 15) is 9.59 Å². The molecular formula is C28H30N2O3. The van der Waals surface area contributed by atoms with Gasteiger partial charge in [0.25, 0.3) is 0 Å². The quantitative estimate of drug-likeness (QED) is 0.523. The standard InChI is InChI=1S/C28H30N2O3/c1-33-28(32)25-21-29(18-17-22-11-5-2-6-12-22)19-20-30(25)27(31)26(23-13-7-3-8-14-23)24-15-9-4-10-16-24/h2-16,25-26H,17-21H2,1H3/t25-/m0/s1. The number of rotatable bonds is 7. The van der Waals surface area contributed by atoms with E-state index in [0.29, 0.717) is 13.1 Å². The van der Waals surface area contributed by atoms with E-state index in [1.54, 1.807) is 4.90 Å². The van der Waals surface area contributed by atoms with Crippen molar-refractivity contribution in [3.63, 3.8) is 0 Å². The predicted molar refractivity (Wildman–Crippen MR) is 129 cm³/mol. The van der Waals surface area contributed by atoms with Gasteiger partial charge in [0, 0.05) is 26.2 Å². The molecule has 1 aliphatic rings. The minimum Gasteiger partial charge on any atom is -0.467 e. The Hall–Kier alpha value is -3.44. The fourth-order valence-corrected chi connectivity index (χ4v) is 4.51. The Labute approximate surface area is 195 Å². The van der Waals surface area contributed by atoms with Gasteiger partial charge in [0.15, 0.2) is 0 Å². The minimum absolute atomic E-state index is 0.0643. The Morgan fingerprint density at radius 1 is 0.848 bits per heavy atom. The maximum Gasteiger partial charge on any atom is 0.329 e. The van der Waals surface area contributed by atoms with Crippen LogP contribution in [0.25, 0.3) is 0 Å². The summed E-state index contributed by atoms with van der Waals surface area (Å²) in [7, 11) is 1.39. The summed E-state index contributed by atoms with van der Waals surface area (Å²) in [6.07, 6.45) is 0.902. The number of piperazine rings is 1. The highest BCUT2D eigenvalue weighted by Crippen LogP contribution is 2.29. The van der Waals surface area contributed by atoms with Crippen LogP contribution in [0.15, 0.2) is 91.0 Å². The molecule has 1 amide bonds. The number of carbonyl (C=O) groups is 2. The van der Waals surface area contributed by atoms with Gasteiger partial charge >= 0.3 is 5.97 Å². The lowest BCUT2D eigenvalue weighted by Gasteiger charge is -2.41. The van der Waals surface area contributed by atoms with E-state index in [1.165, 1.54) is 12.7 Å². The number of hydrogen-bond acceptors (Lipinski definition) is 4. The van der Waals surface area contributed by atoms with E-state index in [2.05, 4.69) is 17.0 Å². The summed E-state index contributed by atoms with van der Waals surface area (Å²) >= 11 is 0. The highest BCUT2D eigenvalue weighted by atomic mass is 16.5. The zero-order valence-corrected chi connectivity index (χ0v) is 19.0. The van der Waals surface area contributed by atoms with Gasteiger partial charge in [-0.25, -0.2) is 4.79 Å². The molecule has 4 rings (SSSR count). The first-order valence-electron chi connectivity index (χ1n) is 11.4. The molecule has 0 saturated carbocycles. The van der Waals surface area contributed by atoms with Crippen LogP contribution >= 0.6 is 0 Å². The normalized spacial score (nSPS) is 16.5. The number of amides is 1. The van der Waals surface area contributed by atoms with Crippen molar-refractivity contribution in [1.29, 1.82) is 0 Å². The number of benzene rings is 3. The van der Waals surface area contributed by atoms with E-state index in [-0.39, 0.29) is 11.9 Å². The molecule has 0 unspecified atom stereocenters. The second-order valence-corrected chi connectivity index (χ2v) is 8.36. The van der Waals surface area contributed by atoms with Crippen molar-refractivity contribution in [3.8, 4) is 0 Å². The molecule has 0 spiro atoms. The molecule has 0 aromatic heterocycles. The highest BCUT2D eigenvalue weighted by molar-refractivity contribution is 5.91. The van der Waals surface area contributed by atoms with Crippen LogP contribution in [0.4, 0.5) is 0 Å². The number of nitrogens with zero attached hydrogens (tertiary/aromatic N) is 2. The summed E-state index contributed by atoms with van der Waals surface area (Å²) in [5.74, 6) is -0.895. The lowest BCUT2D eigenvalue weighted by atomic mass is 9.89. The molecule has 0 N–H and O–H groups in total. The number of methoxy groups -OCH3 is 1. The number of esters is 1. The second kappa shape index (κ2) is 10.9. The van der Waals surface area contributed by atoms with Gasteiger partial charge in [0.05, 0.1) is 13.0 Å². The van der Waals surface area contributed by atoms with E-state index in [0.717, 1.165) is 30.6 Å². The molecule has 1 heterocycles. The third-order valence-corrected chi connectivity index (χ3v) is 6.29. The topological polar surface area (TPSA) is 49.9 Å². The van der Waals surface area contributed by atoms with Crippen LogP contribution in [0.2, 0.25) is 0 Å². The Balaban J connectivity index is 1.55. The first kappa shape index (κ1) is 22.7. The van der Waals surface area contributed by atoms with Gasteiger partial charge < -0.3 is 9.64 Å². The Bertz CT molecular complexity index is 1000. The molecule has 33 heavy (non-hydrogen) atoms. The molecule has 1 saturated heterocycles. The van der Waals surface area contributed by atoms with Crippen molar-refractivity contribution in [1.82, 2.24) is 9.80 Å². The molecule has 0 bridgehead atoms. The first-order valence-corrected chi connectivity index (χ1v) is 11.4. The summed E-state index contributed by atoms with van der Waals surface area (Å²) in [5.41, 5.74) is 3.10. The Kier molecular flexibility index (Phi) is 7.53. The average Bonchev–Trinajstić information content (AvgIpc) is 2.89. The van der Waals surface area contributed by atoms with Gasteiger partial charge in [-0.15, -0.1) is 0 Å². The van der Waals surface area contributed by atoms with Crippen molar-refractivity contribution in [2.75, 3.05) is 33.3 Å². The summed E-state index contributed by atoms with van der Waals surface area (Å²) in [6.45, 7) is 2.52. The molecule has 1 fully saturated rings. The molecule has 0 radical (unpaired) electrons.